The van der Waals surface area contributed by atoms with Crippen molar-refractivity contribution >= 4 is 12.0 Å². The quantitative estimate of drug-likeness (QED) is 0.439. The summed E-state index contributed by atoms with van der Waals surface area (Å²) in [5.41, 5.74) is 0. The van der Waals surface area contributed by atoms with Crippen LogP contribution >= 0.6 is 0 Å². The van der Waals surface area contributed by atoms with Crippen LogP contribution < -0.4 is 10.6 Å². The predicted molar refractivity (Wildman–Crippen MR) is 62.5 cm³/mol. The molecule has 0 saturated carbocycles. The number of carbonyl (C=O) groups excluding carboxylic acids is 1. The average molecular weight is 264 g/mol. The van der Waals surface area contributed by atoms with Gasteiger partial charge in [-0.25, -0.2) is 9.59 Å². The molecule has 0 rings (SSSR count). The van der Waals surface area contributed by atoms with Crippen LogP contribution in [0.15, 0.2) is 0 Å². The van der Waals surface area contributed by atoms with Gasteiger partial charge in [-0.15, -0.1) is 0 Å². The first-order valence-electron chi connectivity index (χ1n) is 5.43. The zero-order chi connectivity index (χ0) is 13.8. The molecule has 8 heteroatoms. The van der Waals surface area contributed by atoms with Crippen LogP contribution in [0.2, 0.25) is 0 Å². The van der Waals surface area contributed by atoms with Crippen LogP contribution in [0.1, 0.15) is 0 Å². The molecule has 0 aromatic carbocycles. The van der Waals surface area contributed by atoms with E-state index in [1.165, 1.54) is 7.11 Å². The minimum absolute atomic E-state index is 0.144. The highest BCUT2D eigenvalue weighted by atomic mass is 16.5. The molecule has 0 aliphatic carbocycles. The van der Waals surface area contributed by atoms with E-state index in [0.29, 0.717) is 13.2 Å². The van der Waals surface area contributed by atoms with Crippen LogP contribution in [-0.2, 0) is 19.0 Å². The molecule has 0 spiro atoms. The van der Waals surface area contributed by atoms with Crippen LogP contribution in [-0.4, -0.2) is 70.3 Å². The summed E-state index contributed by atoms with van der Waals surface area (Å²) in [4.78, 5) is 21.4. The van der Waals surface area contributed by atoms with Gasteiger partial charge in [-0.3, -0.25) is 0 Å². The van der Waals surface area contributed by atoms with E-state index in [0.717, 1.165) is 0 Å². The predicted octanol–water partition coefficient (Wildman–Crippen LogP) is -0.952. The lowest BCUT2D eigenvalue weighted by atomic mass is 10.4. The summed E-state index contributed by atoms with van der Waals surface area (Å²) in [7, 11) is 3.08. The lowest BCUT2D eigenvalue weighted by Crippen LogP contribution is -2.42. The number of hydrogen-bond acceptors (Lipinski definition) is 5. The smallest absolute Gasteiger partial charge is 0.329 e. The fraction of sp³-hybridized carbons (Fsp3) is 0.800. The summed E-state index contributed by atoms with van der Waals surface area (Å²) in [5, 5.41) is 13.4. The van der Waals surface area contributed by atoms with Gasteiger partial charge in [-0.1, -0.05) is 0 Å². The SMILES string of the molecule is COCC(CNC(=O)NCCOCC(=O)O)OC. The normalized spacial score (nSPS) is 11.9. The summed E-state index contributed by atoms with van der Waals surface area (Å²) in [6.45, 7) is 0.722. The van der Waals surface area contributed by atoms with Crippen molar-refractivity contribution in [3.8, 4) is 0 Å². The molecule has 0 fully saturated rings. The van der Waals surface area contributed by atoms with Crippen molar-refractivity contribution in [3.63, 3.8) is 0 Å². The molecular weight excluding hydrogens is 244 g/mol. The second-order valence-electron chi connectivity index (χ2n) is 3.40. The summed E-state index contributed by atoms with van der Waals surface area (Å²) in [6, 6.07) is -0.368. The molecule has 0 bridgehead atoms. The molecule has 0 aliphatic rings. The Labute approximate surface area is 106 Å². The number of amides is 2. The first-order valence-corrected chi connectivity index (χ1v) is 5.43. The van der Waals surface area contributed by atoms with E-state index in [9.17, 15) is 9.59 Å². The molecule has 1 unspecified atom stereocenters. The van der Waals surface area contributed by atoms with E-state index < -0.39 is 5.97 Å². The van der Waals surface area contributed by atoms with E-state index in [1.807, 2.05) is 0 Å². The standard InChI is InChI=1S/C10H20N2O6/c1-16-6-8(17-2)5-12-10(15)11-3-4-18-7-9(13)14/h8H,3-7H2,1-2H3,(H,13,14)(H2,11,12,15). The molecule has 0 heterocycles. The number of aliphatic carboxylic acids is 1. The summed E-state index contributed by atoms with van der Waals surface area (Å²) in [5.74, 6) is -1.04. The maximum atomic E-state index is 11.3. The molecule has 8 nitrogen and oxygen atoms in total. The zero-order valence-corrected chi connectivity index (χ0v) is 10.6. The van der Waals surface area contributed by atoms with Crippen LogP contribution in [0.25, 0.3) is 0 Å². The topological polar surface area (TPSA) is 106 Å². The van der Waals surface area contributed by atoms with E-state index in [1.54, 1.807) is 7.11 Å². The Bertz CT molecular complexity index is 249. The van der Waals surface area contributed by atoms with Gasteiger partial charge >= 0.3 is 12.0 Å². The van der Waals surface area contributed by atoms with E-state index in [2.05, 4.69) is 10.6 Å². The lowest BCUT2D eigenvalue weighted by Gasteiger charge is -2.15. The van der Waals surface area contributed by atoms with Crippen LogP contribution in [0.3, 0.4) is 0 Å². The van der Waals surface area contributed by atoms with E-state index >= 15 is 0 Å². The molecule has 0 saturated heterocycles. The van der Waals surface area contributed by atoms with Crippen molar-refractivity contribution < 1.29 is 28.9 Å². The maximum Gasteiger partial charge on any atom is 0.329 e. The van der Waals surface area contributed by atoms with Crippen molar-refractivity contribution in [3.05, 3.63) is 0 Å². The fourth-order valence-electron chi connectivity index (χ4n) is 1.06. The zero-order valence-electron chi connectivity index (χ0n) is 10.6. The third-order valence-electron chi connectivity index (χ3n) is 1.93. The molecule has 106 valence electrons. The number of rotatable bonds is 10. The molecule has 0 radical (unpaired) electrons. The van der Waals surface area contributed by atoms with Gasteiger partial charge in [0.2, 0.25) is 0 Å². The van der Waals surface area contributed by atoms with Crippen molar-refractivity contribution in [1.82, 2.24) is 10.6 Å². The van der Waals surface area contributed by atoms with Gasteiger partial charge in [-0.2, -0.15) is 0 Å². The van der Waals surface area contributed by atoms with Crippen molar-refractivity contribution in [2.24, 2.45) is 0 Å². The summed E-state index contributed by atoms with van der Waals surface area (Å²) >= 11 is 0. The lowest BCUT2D eigenvalue weighted by molar-refractivity contribution is -0.142. The van der Waals surface area contributed by atoms with Gasteiger partial charge < -0.3 is 30.0 Å². The fourth-order valence-corrected chi connectivity index (χ4v) is 1.06. The number of nitrogens with one attached hydrogen (secondary N) is 2. The van der Waals surface area contributed by atoms with Gasteiger partial charge in [0.15, 0.2) is 0 Å². The maximum absolute atomic E-state index is 11.3. The van der Waals surface area contributed by atoms with Crippen LogP contribution in [0.4, 0.5) is 4.79 Å². The van der Waals surface area contributed by atoms with Gasteiger partial charge in [0.25, 0.3) is 0 Å². The highest BCUT2D eigenvalue weighted by molar-refractivity contribution is 5.73. The average Bonchev–Trinajstić information content (AvgIpc) is 2.33. The first kappa shape index (κ1) is 16.6. The minimum Gasteiger partial charge on any atom is -0.480 e. The largest absolute Gasteiger partial charge is 0.480 e. The Balaban J connectivity index is 3.50. The van der Waals surface area contributed by atoms with Crippen molar-refractivity contribution in [2.75, 3.05) is 47.1 Å². The first-order chi connectivity index (χ1) is 8.60. The van der Waals surface area contributed by atoms with Crippen LogP contribution in [0.5, 0.6) is 0 Å². The highest BCUT2D eigenvalue weighted by Gasteiger charge is 2.08. The third-order valence-corrected chi connectivity index (χ3v) is 1.93. The number of urea groups is 1. The Kier molecular flexibility index (Phi) is 9.93. The third kappa shape index (κ3) is 9.82. The second kappa shape index (κ2) is 10.8. The molecule has 3 N–H and O–H groups in total. The van der Waals surface area contributed by atoms with Gasteiger partial charge in [0, 0.05) is 27.3 Å². The molecule has 0 aliphatic heterocycles. The van der Waals surface area contributed by atoms with Crippen molar-refractivity contribution in [1.29, 1.82) is 0 Å². The van der Waals surface area contributed by atoms with E-state index in [4.69, 9.17) is 19.3 Å². The molecule has 1 atom stereocenters. The van der Waals surface area contributed by atoms with Gasteiger partial charge in [0.05, 0.1) is 19.3 Å². The number of carboxylic acids is 1. The summed E-state index contributed by atoms with van der Waals surface area (Å²) in [6.07, 6.45) is -0.205. The number of ether oxygens (including phenoxy) is 3. The Morgan fingerprint density at radius 1 is 1.28 bits per heavy atom. The Morgan fingerprint density at radius 3 is 2.56 bits per heavy atom. The number of methoxy groups -OCH3 is 2. The molecule has 0 aromatic heterocycles. The molecule has 2 amide bonds. The molecular formula is C10H20N2O6. The number of hydrogen-bond donors (Lipinski definition) is 3. The van der Waals surface area contributed by atoms with Crippen LogP contribution in [0, 0.1) is 0 Å². The molecule has 0 aromatic rings. The monoisotopic (exact) mass is 264 g/mol. The van der Waals surface area contributed by atoms with Gasteiger partial charge in [-0.05, 0) is 0 Å². The molecule has 18 heavy (non-hydrogen) atoms. The minimum atomic E-state index is -1.04. The van der Waals surface area contributed by atoms with Crippen molar-refractivity contribution in [2.45, 2.75) is 6.10 Å². The summed E-state index contributed by atoms with van der Waals surface area (Å²) < 4.78 is 14.7. The Morgan fingerprint density at radius 2 is 2.00 bits per heavy atom. The Hall–Kier alpha value is -1.38. The highest BCUT2D eigenvalue weighted by Crippen LogP contribution is 1.88. The van der Waals surface area contributed by atoms with E-state index in [-0.39, 0.29) is 31.9 Å². The number of carbonyl (C=O) groups is 2. The number of carboxylic acid groups (broad SMARTS) is 1. The second-order valence-corrected chi connectivity index (χ2v) is 3.40. The van der Waals surface area contributed by atoms with Gasteiger partial charge in [0.1, 0.15) is 6.61 Å².